The van der Waals surface area contributed by atoms with Crippen LogP contribution in [0, 0.1) is 11.3 Å². The molecule has 0 aromatic heterocycles. The molecule has 0 saturated heterocycles. The minimum Gasteiger partial charge on any atom is -0.398 e. The Kier molecular flexibility index (Phi) is 2.74. The minimum atomic E-state index is -0.382. The molecule has 1 aromatic rings. The molecular formula is C12H13N3O2. The third-order valence-electron chi connectivity index (χ3n) is 2.87. The lowest BCUT2D eigenvalue weighted by Crippen LogP contribution is -2.30. The van der Waals surface area contributed by atoms with Gasteiger partial charge in [-0.2, -0.15) is 5.26 Å². The number of benzene rings is 1. The van der Waals surface area contributed by atoms with Crippen LogP contribution in [0.3, 0.4) is 0 Å². The molecule has 5 nitrogen and oxygen atoms in total. The normalized spacial score (nSPS) is 16.0. The van der Waals surface area contributed by atoms with Crippen LogP contribution in [0.25, 0.3) is 0 Å². The second kappa shape index (κ2) is 4.07. The Morgan fingerprint density at radius 1 is 1.59 bits per heavy atom. The van der Waals surface area contributed by atoms with Gasteiger partial charge in [0.2, 0.25) is 0 Å². The number of nitrogen functional groups attached to an aromatic ring is 1. The maximum atomic E-state index is 10.8. The van der Waals surface area contributed by atoms with E-state index in [-0.39, 0.29) is 11.5 Å². The molecule has 0 radical (unpaired) electrons. The number of rotatable bonds is 3. The number of carbonyl (C=O) groups excluding carboxylic acids is 1. The predicted molar refractivity (Wildman–Crippen MR) is 61.4 cm³/mol. The molecule has 1 aliphatic carbocycles. The first-order valence-electron chi connectivity index (χ1n) is 5.32. The first-order chi connectivity index (χ1) is 8.07. The Morgan fingerprint density at radius 2 is 2.29 bits per heavy atom. The van der Waals surface area contributed by atoms with Gasteiger partial charge in [0.25, 0.3) is 0 Å². The highest BCUT2D eigenvalue weighted by atomic mass is 16.7. The van der Waals surface area contributed by atoms with Crippen LogP contribution in [0.2, 0.25) is 0 Å². The summed E-state index contributed by atoms with van der Waals surface area (Å²) in [5, 5.41) is 8.91. The zero-order valence-corrected chi connectivity index (χ0v) is 9.49. The molecule has 3 N–H and O–H groups in total. The Hall–Kier alpha value is -2.06. The molecule has 1 aromatic carbocycles. The Morgan fingerprint density at radius 3 is 2.82 bits per heavy atom. The summed E-state index contributed by atoms with van der Waals surface area (Å²) >= 11 is 0. The van der Waals surface area contributed by atoms with Gasteiger partial charge in [-0.1, -0.05) is 6.07 Å². The number of hydroxylamine groups is 1. The van der Waals surface area contributed by atoms with E-state index in [0.29, 0.717) is 11.3 Å². The summed E-state index contributed by atoms with van der Waals surface area (Å²) in [4.78, 5) is 15.6. The third kappa shape index (κ3) is 2.22. The topological polar surface area (TPSA) is 88.1 Å². The van der Waals surface area contributed by atoms with Crippen molar-refractivity contribution < 1.29 is 9.63 Å². The molecule has 1 aliphatic rings. The van der Waals surface area contributed by atoms with Crippen molar-refractivity contribution in [3.63, 3.8) is 0 Å². The number of nitrogens with two attached hydrogens (primary N) is 1. The van der Waals surface area contributed by atoms with Crippen molar-refractivity contribution in [3.05, 3.63) is 29.3 Å². The monoisotopic (exact) mass is 231 g/mol. The molecule has 1 fully saturated rings. The average molecular weight is 231 g/mol. The highest BCUT2D eigenvalue weighted by Crippen LogP contribution is 2.46. The van der Waals surface area contributed by atoms with Gasteiger partial charge < -0.3 is 10.6 Å². The van der Waals surface area contributed by atoms with Crippen molar-refractivity contribution in [1.82, 2.24) is 5.48 Å². The summed E-state index contributed by atoms with van der Waals surface area (Å²) in [6.45, 7) is 1.34. The van der Waals surface area contributed by atoms with Crippen LogP contribution in [-0.4, -0.2) is 5.97 Å². The predicted octanol–water partition coefficient (Wildman–Crippen LogP) is 1.20. The Bertz CT molecular complexity index is 501. The van der Waals surface area contributed by atoms with E-state index < -0.39 is 0 Å². The maximum absolute atomic E-state index is 10.8. The van der Waals surface area contributed by atoms with E-state index in [9.17, 15) is 4.79 Å². The van der Waals surface area contributed by atoms with Crippen LogP contribution in [0.4, 0.5) is 5.69 Å². The molecule has 88 valence electrons. The molecule has 17 heavy (non-hydrogen) atoms. The van der Waals surface area contributed by atoms with Crippen LogP contribution in [0.15, 0.2) is 18.2 Å². The number of anilines is 1. The number of nitrogens with zero attached hydrogens (tertiary/aromatic N) is 1. The van der Waals surface area contributed by atoms with Gasteiger partial charge in [-0.05, 0) is 30.5 Å². The summed E-state index contributed by atoms with van der Waals surface area (Å²) < 4.78 is 0. The minimum absolute atomic E-state index is 0.342. The van der Waals surface area contributed by atoms with Gasteiger partial charge in [0.05, 0.1) is 11.1 Å². The van der Waals surface area contributed by atoms with Crippen molar-refractivity contribution in [3.8, 4) is 6.07 Å². The quantitative estimate of drug-likeness (QED) is 0.602. The summed E-state index contributed by atoms with van der Waals surface area (Å²) in [5.74, 6) is -0.382. The molecule has 0 amide bonds. The summed E-state index contributed by atoms with van der Waals surface area (Å²) in [5.41, 5.74) is 9.89. The van der Waals surface area contributed by atoms with Crippen LogP contribution < -0.4 is 11.2 Å². The second-order valence-electron chi connectivity index (χ2n) is 4.19. The van der Waals surface area contributed by atoms with Crippen LogP contribution >= 0.6 is 0 Å². The lowest BCUT2D eigenvalue weighted by atomic mass is 10.0. The van der Waals surface area contributed by atoms with E-state index in [2.05, 4.69) is 5.48 Å². The van der Waals surface area contributed by atoms with Gasteiger partial charge in [0.1, 0.15) is 6.07 Å². The number of hydrogen-bond acceptors (Lipinski definition) is 5. The fraction of sp³-hybridized carbons (Fsp3) is 0.333. The molecule has 1 saturated carbocycles. The summed E-state index contributed by atoms with van der Waals surface area (Å²) in [7, 11) is 0. The maximum Gasteiger partial charge on any atom is 0.321 e. The standard InChI is InChI=1S/C12H13N3O2/c1-8(16)17-15-12(4-5-12)10-2-3-11(14)9(6-10)7-13/h2-3,6,15H,4-5,14H2,1H3. The van der Waals surface area contributed by atoms with Gasteiger partial charge in [-0.15, -0.1) is 5.48 Å². The number of nitriles is 1. The number of carbonyl (C=O) groups is 1. The fourth-order valence-corrected chi connectivity index (χ4v) is 1.69. The molecular weight excluding hydrogens is 218 g/mol. The van der Waals surface area contributed by atoms with Crippen molar-refractivity contribution in [1.29, 1.82) is 5.26 Å². The molecule has 0 aliphatic heterocycles. The van der Waals surface area contributed by atoms with E-state index in [1.54, 1.807) is 12.1 Å². The van der Waals surface area contributed by atoms with Gasteiger partial charge in [0.15, 0.2) is 0 Å². The van der Waals surface area contributed by atoms with Crippen molar-refractivity contribution in [2.75, 3.05) is 5.73 Å². The highest BCUT2D eigenvalue weighted by molar-refractivity contribution is 5.65. The van der Waals surface area contributed by atoms with E-state index in [4.69, 9.17) is 15.8 Å². The Labute approximate surface area is 99.1 Å². The van der Waals surface area contributed by atoms with Gasteiger partial charge >= 0.3 is 5.97 Å². The van der Waals surface area contributed by atoms with Crippen molar-refractivity contribution in [2.45, 2.75) is 25.3 Å². The SMILES string of the molecule is CC(=O)ONC1(c2ccc(N)c(C#N)c2)CC1. The third-order valence-corrected chi connectivity index (χ3v) is 2.87. The van der Waals surface area contributed by atoms with Crippen LogP contribution in [-0.2, 0) is 15.2 Å². The largest absolute Gasteiger partial charge is 0.398 e. The van der Waals surface area contributed by atoms with E-state index in [1.165, 1.54) is 6.92 Å². The molecule has 0 atom stereocenters. The van der Waals surface area contributed by atoms with Gasteiger partial charge in [0, 0.05) is 12.6 Å². The van der Waals surface area contributed by atoms with Crippen molar-refractivity contribution >= 4 is 11.7 Å². The fourth-order valence-electron chi connectivity index (χ4n) is 1.69. The zero-order chi connectivity index (χ0) is 12.5. The van der Waals surface area contributed by atoms with Gasteiger partial charge in [-0.3, -0.25) is 4.79 Å². The molecule has 5 heteroatoms. The second-order valence-corrected chi connectivity index (χ2v) is 4.19. The number of nitrogens with one attached hydrogen (secondary N) is 1. The molecule has 0 unspecified atom stereocenters. The first kappa shape index (κ1) is 11.4. The van der Waals surface area contributed by atoms with E-state index in [0.717, 1.165) is 18.4 Å². The van der Waals surface area contributed by atoms with Crippen LogP contribution in [0.1, 0.15) is 30.9 Å². The summed E-state index contributed by atoms with van der Waals surface area (Å²) in [6, 6.07) is 7.32. The van der Waals surface area contributed by atoms with E-state index in [1.807, 2.05) is 12.1 Å². The highest BCUT2D eigenvalue weighted by Gasteiger charge is 2.46. The van der Waals surface area contributed by atoms with E-state index >= 15 is 0 Å². The average Bonchev–Trinajstić information content (AvgIpc) is 3.08. The summed E-state index contributed by atoms with van der Waals surface area (Å²) in [6.07, 6.45) is 1.74. The zero-order valence-electron chi connectivity index (χ0n) is 9.49. The smallest absolute Gasteiger partial charge is 0.321 e. The lowest BCUT2D eigenvalue weighted by Gasteiger charge is -2.17. The lowest BCUT2D eigenvalue weighted by molar-refractivity contribution is -0.151. The Balaban J connectivity index is 2.23. The van der Waals surface area contributed by atoms with Gasteiger partial charge in [-0.25, -0.2) is 0 Å². The van der Waals surface area contributed by atoms with Crippen LogP contribution in [0.5, 0.6) is 0 Å². The molecule has 0 bridgehead atoms. The molecule has 0 heterocycles. The molecule has 0 spiro atoms. The van der Waals surface area contributed by atoms with Crippen molar-refractivity contribution in [2.24, 2.45) is 0 Å². The number of hydrogen-bond donors (Lipinski definition) is 2. The first-order valence-corrected chi connectivity index (χ1v) is 5.32. The molecule has 2 rings (SSSR count).